The standard InChI is InChI=1S/C15H21N3/c16-13-6-9-18(10-7-13)8-5-12-11-17-15-4-2-1-3-14(12)15/h1-4,11,13,17H,5-10,16H2. The monoisotopic (exact) mass is 243 g/mol. The number of piperidine rings is 1. The van der Waals surface area contributed by atoms with Crippen molar-refractivity contribution in [3.63, 3.8) is 0 Å². The van der Waals surface area contributed by atoms with Crippen molar-refractivity contribution in [1.82, 2.24) is 9.88 Å². The number of H-pyrrole nitrogens is 1. The zero-order valence-corrected chi connectivity index (χ0v) is 10.7. The van der Waals surface area contributed by atoms with Crippen molar-refractivity contribution in [2.75, 3.05) is 19.6 Å². The van der Waals surface area contributed by atoms with Crippen molar-refractivity contribution in [2.45, 2.75) is 25.3 Å². The van der Waals surface area contributed by atoms with Crippen LogP contribution >= 0.6 is 0 Å². The van der Waals surface area contributed by atoms with E-state index in [1.807, 2.05) is 0 Å². The Kier molecular flexibility index (Phi) is 3.35. The molecule has 96 valence electrons. The SMILES string of the molecule is NC1CCN(CCc2c[nH]c3ccccc23)CC1. The summed E-state index contributed by atoms with van der Waals surface area (Å²) in [4.78, 5) is 5.88. The van der Waals surface area contributed by atoms with Gasteiger partial charge in [-0.1, -0.05) is 18.2 Å². The van der Waals surface area contributed by atoms with Gasteiger partial charge in [-0.25, -0.2) is 0 Å². The summed E-state index contributed by atoms with van der Waals surface area (Å²) in [5.74, 6) is 0. The number of aromatic amines is 1. The molecule has 0 spiro atoms. The maximum absolute atomic E-state index is 5.93. The number of nitrogens with two attached hydrogens (primary N) is 1. The second kappa shape index (κ2) is 5.12. The van der Waals surface area contributed by atoms with Crippen molar-refractivity contribution in [3.8, 4) is 0 Å². The lowest BCUT2D eigenvalue weighted by molar-refractivity contribution is 0.216. The molecule has 3 nitrogen and oxygen atoms in total. The molecule has 0 atom stereocenters. The van der Waals surface area contributed by atoms with Crippen LogP contribution in [0.1, 0.15) is 18.4 Å². The molecule has 3 heteroatoms. The van der Waals surface area contributed by atoms with E-state index in [0.29, 0.717) is 6.04 Å². The highest BCUT2D eigenvalue weighted by atomic mass is 15.1. The van der Waals surface area contributed by atoms with Gasteiger partial charge in [-0.15, -0.1) is 0 Å². The quantitative estimate of drug-likeness (QED) is 0.867. The maximum atomic E-state index is 5.93. The first-order valence-corrected chi connectivity index (χ1v) is 6.86. The van der Waals surface area contributed by atoms with E-state index in [1.54, 1.807) is 0 Å². The normalized spacial score (nSPS) is 18.5. The topological polar surface area (TPSA) is 45.0 Å². The highest BCUT2D eigenvalue weighted by Crippen LogP contribution is 2.19. The van der Waals surface area contributed by atoms with Crippen LogP contribution in [-0.2, 0) is 6.42 Å². The summed E-state index contributed by atoms with van der Waals surface area (Å²) in [6.45, 7) is 3.46. The molecule has 1 fully saturated rings. The van der Waals surface area contributed by atoms with Crippen molar-refractivity contribution >= 4 is 10.9 Å². The summed E-state index contributed by atoms with van der Waals surface area (Å²) < 4.78 is 0. The van der Waals surface area contributed by atoms with Crippen LogP contribution in [0.15, 0.2) is 30.5 Å². The number of rotatable bonds is 3. The van der Waals surface area contributed by atoms with Gasteiger partial charge in [0.05, 0.1) is 0 Å². The Bertz CT molecular complexity index is 509. The third-order valence-corrected chi connectivity index (χ3v) is 4.00. The molecule has 3 rings (SSSR count). The van der Waals surface area contributed by atoms with Crippen molar-refractivity contribution < 1.29 is 0 Å². The van der Waals surface area contributed by atoms with E-state index in [9.17, 15) is 0 Å². The molecule has 2 heterocycles. The molecule has 0 bridgehead atoms. The van der Waals surface area contributed by atoms with Gasteiger partial charge in [0.2, 0.25) is 0 Å². The summed E-state index contributed by atoms with van der Waals surface area (Å²) in [5, 5.41) is 1.37. The molecule has 3 N–H and O–H groups in total. The minimum absolute atomic E-state index is 0.425. The van der Waals surface area contributed by atoms with Gasteiger partial charge in [-0.05, 0) is 44.0 Å². The molecule has 0 amide bonds. The van der Waals surface area contributed by atoms with Crippen LogP contribution in [-0.4, -0.2) is 35.6 Å². The van der Waals surface area contributed by atoms with E-state index in [1.165, 1.54) is 16.5 Å². The summed E-state index contributed by atoms with van der Waals surface area (Å²) in [5.41, 5.74) is 8.61. The Labute approximate surface area is 108 Å². The van der Waals surface area contributed by atoms with Gasteiger partial charge in [-0.3, -0.25) is 0 Å². The Hall–Kier alpha value is -1.32. The van der Waals surface area contributed by atoms with Crippen molar-refractivity contribution in [2.24, 2.45) is 5.73 Å². The fourth-order valence-electron chi connectivity index (χ4n) is 2.79. The van der Waals surface area contributed by atoms with Crippen LogP contribution in [0.5, 0.6) is 0 Å². The van der Waals surface area contributed by atoms with E-state index >= 15 is 0 Å². The minimum Gasteiger partial charge on any atom is -0.361 e. The minimum atomic E-state index is 0.425. The first-order valence-electron chi connectivity index (χ1n) is 6.86. The Morgan fingerprint density at radius 2 is 2.00 bits per heavy atom. The largest absolute Gasteiger partial charge is 0.361 e. The third kappa shape index (κ3) is 2.42. The summed E-state index contributed by atoms with van der Waals surface area (Å²) in [6, 6.07) is 8.95. The fraction of sp³-hybridized carbons (Fsp3) is 0.467. The lowest BCUT2D eigenvalue weighted by atomic mass is 10.0. The fourth-order valence-corrected chi connectivity index (χ4v) is 2.79. The molecule has 0 radical (unpaired) electrons. The zero-order valence-electron chi connectivity index (χ0n) is 10.7. The lowest BCUT2D eigenvalue weighted by Crippen LogP contribution is -2.40. The van der Waals surface area contributed by atoms with Crippen LogP contribution in [0.25, 0.3) is 10.9 Å². The number of benzene rings is 1. The molecule has 2 aromatic rings. The van der Waals surface area contributed by atoms with Crippen molar-refractivity contribution in [3.05, 3.63) is 36.0 Å². The Balaban J connectivity index is 1.63. The number of nitrogens with one attached hydrogen (secondary N) is 1. The molecule has 1 saturated heterocycles. The molecular weight excluding hydrogens is 222 g/mol. The van der Waals surface area contributed by atoms with Gasteiger partial charge < -0.3 is 15.6 Å². The molecule has 1 aromatic heterocycles. The summed E-state index contributed by atoms with van der Waals surface area (Å²) in [7, 11) is 0. The van der Waals surface area contributed by atoms with E-state index in [2.05, 4.69) is 40.3 Å². The number of hydrogen-bond acceptors (Lipinski definition) is 2. The predicted molar refractivity (Wildman–Crippen MR) is 75.7 cm³/mol. The summed E-state index contributed by atoms with van der Waals surface area (Å²) in [6.07, 6.45) is 5.57. The van der Waals surface area contributed by atoms with Gasteiger partial charge >= 0.3 is 0 Å². The number of likely N-dealkylation sites (tertiary alicyclic amines) is 1. The van der Waals surface area contributed by atoms with Crippen LogP contribution in [0.4, 0.5) is 0 Å². The van der Waals surface area contributed by atoms with Gasteiger partial charge in [-0.2, -0.15) is 0 Å². The average molecular weight is 243 g/mol. The van der Waals surface area contributed by atoms with Crippen LogP contribution in [0, 0.1) is 0 Å². The zero-order chi connectivity index (χ0) is 12.4. The number of fused-ring (bicyclic) bond motifs is 1. The van der Waals surface area contributed by atoms with Gasteiger partial charge in [0.1, 0.15) is 0 Å². The van der Waals surface area contributed by atoms with Crippen LogP contribution in [0.3, 0.4) is 0 Å². The first-order chi connectivity index (χ1) is 8.83. The molecule has 18 heavy (non-hydrogen) atoms. The van der Waals surface area contributed by atoms with Gasteiger partial charge in [0.25, 0.3) is 0 Å². The molecule has 0 unspecified atom stereocenters. The van der Waals surface area contributed by atoms with E-state index < -0.39 is 0 Å². The van der Waals surface area contributed by atoms with E-state index in [-0.39, 0.29) is 0 Å². The highest BCUT2D eigenvalue weighted by Gasteiger charge is 2.15. The second-order valence-corrected chi connectivity index (χ2v) is 5.29. The third-order valence-electron chi connectivity index (χ3n) is 4.00. The molecular formula is C15H21N3. The van der Waals surface area contributed by atoms with Crippen LogP contribution in [0.2, 0.25) is 0 Å². The average Bonchev–Trinajstić information content (AvgIpc) is 2.82. The summed E-state index contributed by atoms with van der Waals surface area (Å²) >= 11 is 0. The molecule has 0 saturated carbocycles. The molecule has 0 aliphatic carbocycles. The molecule has 1 aliphatic heterocycles. The van der Waals surface area contributed by atoms with Gasteiger partial charge in [0.15, 0.2) is 0 Å². The molecule has 1 aromatic carbocycles. The number of nitrogens with zero attached hydrogens (tertiary/aromatic N) is 1. The number of para-hydroxylation sites is 1. The second-order valence-electron chi connectivity index (χ2n) is 5.29. The van der Waals surface area contributed by atoms with E-state index in [4.69, 9.17) is 5.73 Å². The number of aromatic nitrogens is 1. The maximum Gasteiger partial charge on any atom is 0.0456 e. The van der Waals surface area contributed by atoms with Crippen LogP contribution < -0.4 is 5.73 Å². The smallest absolute Gasteiger partial charge is 0.0456 e. The highest BCUT2D eigenvalue weighted by molar-refractivity contribution is 5.83. The number of hydrogen-bond donors (Lipinski definition) is 2. The molecule has 1 aliphatic rings. The lowest BCUT2D eigenvalue weighted by Gasteiger charge is -2.29. The van der Waals surface area contributed by atoms with Crippen molar-refractivity contribution in [1.29, 1.82) is 0 Å². The van der Waals surface area contributed by atoms with Gasteiger partial charge in [0, 0.05) is 29.7 Å². The first kappa shape index (κ1) is 11.8. The van der Waals surface area contributed by atoms with E-state index in [0.717, 1.165) is 38.9 Å². The predicted octanol–water partition coefficient (Wildman–Crippen LogP) is 2.13. The Morgan fingerprint density at radius 3 is 2.83 bits per heavy atom. The Morgan fingerprint density at radius 1 is 1.22 bits per heavy atom.